The molecular weight excluding hydrogens is 340 g/mol. The molecule has 1 aromatic carbocycles. The zero-order valence-corrected chi connectivity index (χ0v) is 14.5. The standard InChI is InChI=1S/C18H20N2O6/c1-3-12-14(26-17(22)11-7-5-4-6-8-11)15(24-2)16(25-12)20-10-9-13(21)19-18(20)23/h4-10,12,14-16H,3H2,1-2H3,(H,19,21,23)/t12-,14+,15?,16-/m1/s1. The van der Waals surface area contributed by atoms with Crippen LogP contribution in [-0.4, -0.2) is 40.9 Å². The number of esters is 1. The van der Waals surface area contributed by atoms with Gasteiger partial charge in [-0.1, -0.05) is 25.1 Å². The first-order chi connectivity index (χ1) is 12.5. The van der Waals surface area contributed by atoms with Crippen LogP contribution in [0.25, 0.3) is 0 Å². The average Bonchev–Trinajstić information content (AvgIpc) is 2.99. The van der Waals surface area contributed by atoms with Gasteiger partial charge in [0.05, 0.1) is 11.7 Å². The highest BCUT2D eigenvalue weighted by atomic mass is 16.6. The van der Waals surface area contributed by atoms with Gasteiger partial charge in [-0.3, -0.25) is 14.3 Å². The van der Waals surface area contributed by atoms with E-state index in [0.717, 1.165) is 0 Å². The van der Waals surface area contributed by atoms with Crippen LogP contribution in [0.4, 0.5) is 0 Å². The van der Waals surface area contributed by atoms with Crippen molar-refractivity contribution in [3.8, 4) is 0 Å². The van der Waals surface area contributed by atoms with Crippen LogP contribution in [0.1, 0.15) is 29.9 Å². The van der Waals surface area contributed by atoms with Crippen molar-refractivity contribution in [1.82, 2.24) is 9.55 Å². The molecule has 0 amide bonds. The smallest absolute Gasteiger partial charge is 0.338 e. The van der Waals surface area contributed by atoms with Crippen LogP contribution in [0.15, 0.2) is 52.2 Å². The molecular formula is C18H20N2O6. The molecule has 1 fully saturated rings. The summed E-state index contributed by atoms with van der Waals surface area (Å²) in [7, 11) is 1.46. The van der Waals surface area contributed by atoms with Crippen molar-refractivity contribution in [2.75, 3.05) is 7.11 Å². The normalized spacial score (nSPS) is 25.2. The molecule has 2 aromatic rings. The van der Waals surface area contributed by atoms with E-state index >= 15 is 0 Å². The van der Waals surface area contributed by atoms with Crippen molar-refractivity contribution in [1.29, 1.82) is 0 Å². The summed E-state index contributed by atoms with van der Waals surface area (Å²) in [6, 6.07) is 9.84. The number of aromatic amines is 1. The van der Waals surface area contributed by atoms with Crippen LogP contribution < -0.4 is 11.2 Å². The molecule has 0 bridgehead atoms. The lowest BCUT2D eigenvalue weighted by atomic mass is 10.1. The van der Waals surface area contributed by atoms with Gasteiger partial charge in [0.25, 0.3) is 5.56 Å². The van der Waals surface area contributed by atoms with Gasteiger partial charge in [0, 0.05) is 19.4 Å². The maximum absolute atomic E-state index is 12.4. The molecule has 1 aromatic heterocycles. The molecule has 1 aliphatic rings. The quantitative estimate of drug-likeness (QED) is 0.801. The number of nitrogens with zero attached hydrogens (tertiary/aromatic N) is 1. The van der Waals surface area contributed by atoms with Gasteiger partial charge in [0.15, 0.2) is 12.3 Å². The summed E-state index contributed by atoms with van der Waals surface area (Å²) in [6.07, 6.45) is -0.759. The molecule has 1 aliphatic heterocycles. The summed E-state index contributed by atoms with van der Waals surface area (Å²) in [4.78, 5) is 38.0. The fraction of sp³-hybridized carbons (Fsp3) is 0.389. The Kier molecular flexibility index (Phi) is 5.34. The summed E-state index contributed by atoms with van der Waals surface area (Å²) in [5.41, 5.74) is -0.700. The number of benzene rings is 1. The van der Waals surface area contributed by atoms with Gasteiger partial charge in [-0.05, 0) is 18.6 Å². The van der Waals surface area contributed by atoms with Crippen molar-refractivity contribution >= 4 is 5.97 Å². The van der Waals surface area contributed by atoms with Crippen molar-refractivity contribution < 1.29 is 19.0 Å². The van der Waals surface area contributed by atoms with E-state index in [9.17, 15) is 14.4 Å². The summed E-state index contributed by atoms with van der Waals surface area (Å²) in [5.74, 6) is -0.492. The van der Waals surface area contributed by atoms with E-state index in [2.05, 4.69) is 4.98 Å². The summed E-state index contributed by atoms with van der Waals surface area (Å²) in [6.45, 7) is 1.89. The number of ether oxygens (including phenoxy) is 3. The fourth-order valence-electron chi connectivity index (χ4n) is 3.05. The molecule has 8 heteroatoms. The summed E-state index contributed by atoms with van der Waals surface area (Å²) in [5, 5.41) is 0. The van der Waals surface area contributed by atoms with E-state index in [1.807, 2.05) is 6.92 Å². The zero-order valence-electron chi connectivity index (χ0n) is 14.5. The Bertz CT molecular complexity index is 875. The number of hydrogen-bond donors (Lipinski definition) is 1. The van der Waals surface area contributed by atoms with Crippen LogP contribution in [0, 0.1) is 0 Å². The first-order valence-electron chi connectivity index (χ1n) is 8.31. The Morgan fingerprint density at radius 3 is 2.54 bits per heavy atom. The highest BCUT2D eigenvalue weighted by Crippen LogP contribution is 2.34. The van der Waals surface area contributed by atoms with E-state index in [4.69, 9.17) is 14.2 Å². The zero-order chi connectivity index (χ0) is 18.7. The molecule has 1 saturated heterocycles. The molecule has 4 atom stereocenters. The molecule has 1 unspecified atom stereocenters. The molecule has 3 rings (SSSR count). The third-order valence-corrected chi connectivity index (χ3v) is 4.34. The lowest BCUT2D eigenvalue weighted by Gasteiger charge is -2.23. The Hall–Kier alpha value is -2.71. The molecule has 0 radical (unpaired) electrons. The molecule has 26 heavy (non-hydrogen) atoms. The van der Waals surface area contributed by atoms with E-state index in [1.54, 1.807) is 30.3 Å². The minimum atomic E-state index is -0.817. The number of carbonyl (C=O) groups excluding carboxylic acids is 1. The molecule has 138 valence electrons. The van der Waals surface area contributed by atoms with E-state index in [1.165, 1.54) is 23.9 Å². The van der Waals surface area contributed by atoms with Crippen LogP contribution in [0.2, 0.25) is 0 Å². The summed E-state index contributed by atoms with van der Waals surface area (Å²) < 4.78 is 18.3. The van der Waals surface area contributed by atoms with E-state index in [0.29, 0.717) is 12.0 Å². The molecule has 8 nitrogen and oxygen atoms in total. The van der Waals surface area contributed by atoms with Gasteiger partial charge in [-0.25, -0.2) is 9.59 Å². The Balaban J connectivity index is 1.88. The fourth-order valence-corrected chi connectivity index (χ4v) is 3.05. The third kappa shape index (κ3) is 3.47. The number of methoxy groups -OCH3 is 1. The molecule has 0 spiro atoms. The minimum Gasteiger partial charge on any atom is -0.453 e. The van der Waals surface area contributed by atoms with Crippen molar-refractivity contribution in [2.45, 2.75) is 37.9 Å². The van der Waals surface area contributed by atoms with Crippen LogP contribution in [0.3, 0.4) is 0 Å². The predicted molar refractivity (Wildman–Crippen MR) is 92.0 cm³/mol. The van der Waals surface area contributed by atoms with Gasteiger partial charge in [-0.2, -0.15) is 0 Å². The first-order valence-corrected chi connectivity index (χ1v) is 8.31. The molecule has 0 aliphatic carbocycles. The lowest BCUT2D eigenvalue weighted by molar-refractivity contribution is -0.0554. The van der Waals surface area contributed by atoms with Crippen LogP contribution in [-0.2, 0) is 14.2 Å². The Labute approximate surface area is 149 Å². The largest absolute Gasteiger partial charge is 0.453 e. The molecule has 2 heterocycles. The maximum atomic E-state index is 12.4. The highest BCUT2D eigenvalue weighted by Gasteiger charge is 2.48. The second kappa shape index (κ2) is 7.67. The van der Waals surface area contributed by atoms with E-state index in [-0.39, 0.29) is 0 Å². The molecule has 0 saturated carbocycles. The van der Waals surface area contributed by atoms with Gasteiger partial charge in [0.2, 0.25) is 0 Å². The van der Waals surface area contributed by atoms with Crippen LogP contribution >= 0.6 is 0 Å². The van der Waals surface area contributed by atoms with Crippen molar-refractivity contribution in [3.63, 3.8) is 0 Å². The second-order valence-electron chi connectivity index (χ2n) is 5.93. The first kappa shape index (κ1) is 18.1. The topological polar surface area (TPSA) is 99.6 Å². The average molecular weight is 360 g/mol. The maximum Gasteiger partial charge on any atom is 0.338 e. The van der Waals surface area contributed by atoms with Gasteiger partial charge >= 0.3 is 11.7 Å². The minimum absolute atomic E-state index is 0.418. The number of hydrogen-bond acceptors (Lipinski definition) is 6. The Morgan fingerprint density at radius 2 is 1.92 bits per heavy atom. The van der Waals surface area contributed by atoms with Gasteiger partial charge < -0.3 is 14.2 Å². The lowest BCUT2D eigenvalue weighted by Crippen LogP contribution is -2.40. The number of nitrogens with one attached hydrogen (secondary N) is 1. The Morgan fingerprint density at radius 1 is 1.19 bits per heavy atom. The van der Waals surface area contributed by atoms with Crippen molar-refractivity contribution in [2.24, 2.45) is 0 Å². The number of H-pyrrole nitrogens is 1. The second-order valence-corrected chi connectivity index (χ2v) is 5.93. The monoisotopic (exact) mass is 360 g/mol. The highest BCUT2D eigenvalue weighted by molar-refractivity contribution is 5.89. The number of aromatic nitrogens is 2. The third-order valence-electron chi connectivity index (χ3n) is 4.34. The predicted octanol–water partition coefficient (Wildman–Crippen LogP) is 1.08. The number of carbonyl (C=O) groups is 1. The van der Waals surface area contributed by atoms with E-state index < -0.39 is 41.8 Å². The summed E-state index contributed by atoms with van der Waals surface area (Å²) >= 11 is 0. The SMILES string of the molecule is CC[C@H]1O[C@@H](n2ccc(=O)[nH]c2=O)C(OC)[C@H]1OC(=O)c1ccccc1. The molecule has 1 N–H and O–H groups in total. The van der Waals surface area contributed by atoms with Crippen molar-refractivity contribution in [3.05, 3.63) is 69.0 Å². The number of rotatable bonds is 5. The van der Waals surface area contributed by atoms with Gasteiger partial charge in [-0.15, -0.1) is 0 Å². The van der Waals surface area contributed by atoms with Gasteiger partial charge in [0.1, 0.15) is 6.10 Å². The van der Waals surface area contributed by atoms with Crippen LogP contribution in [0.5, 0.6) is 0 Å².